The molecule has 110 valence electrons. The predicted octanol–water partition coefficient (Wildman–Crippen LogP) is 2.51. The average molecular weight is 297 g/mol. The molecule has 0 aliphatic rings. The molecular formula is C13H19N3O3S. The minimum Gasteiger partial charge on any atom is -0.382 e. The second kappa shape index (κ2) is 7.74. The number of hydrogen-bond donors (Lipinski definition) is 2. The van der Waals surface area contributed by atoms with Crippen LogP contribution in [0.3, 0.4) is 0 Å². The summed E-state index contributed by atoms with van der Waals surface area (Å²) in [5, 5.41) is 16.9. The third-order valence-electron chi connectivity index (χ3n) is 2.97. The number of benzene rings is 1. The van der Waals surface area contributed by atoms with E-state index in [1.165, 1.54) is 12.1 Å². The van der Waals surface area contributed by atoms with Crippen molar-refractivity contribution in [1.82, 2.24) is 5.32 Å². The van der Waals surface area contributed by atoms with Crippen LogP contribution in [0, 0.1) is 10.1 Å². The molecule has 0 saturated carbocycles. The van der Waals surface area contributed by atoms with Gasteiger partial charge in [0.15, 0.2) is 0 Å². The van der Waals surface area contributed by atoms with Gasteiger partial charge in [0.2, 0.25) is 0 Å². The molecular weight excluding hydrogens is 278 g/mol. The standard InChI is InChI=1S/C13H19N3O3S/c1-9(20-3)7-8-15-13(17)10-5-4-6-11(16(18)19)12(10)14-2/h4-6,9,14H,7-8H2,1-3H3,(H,15,17). The number of nitro benzene ring substituents is 1. The van der Waals surface area contributed by atoms with E-state index in [4.69, 9.17) is 0 Å². The number of nitrogens with zero attached hydrogens (tertiary/aromatic N) is 1. The molecule has 0 aliphatic carbocycles. The molecule has 0 radical (unpaired) electrons. The van der Waals surface area contributed by atoms with Gasteiger partial charge >= 0.3 is 0 Å². The van der Waals surface area contributed by atoms with E-state index in [1.54, 1.807) is 24.9 Å². The zero-order chi connectivity index (χ0) is 15.1. The SMILES string of the molecule is CNc1c(C(=O)NCCC(C)SC)cccc1[N+](=O)[O-]. The Hall–Kier alpha value is -1.76. The molecule has 0 heterocycles. The van der Waals surface area contributed by atoms with E-state index in [1.807, 2.05) is 6.26 Å². The molecule has 1 aromatic carbocycles. The number of nitrogens with one attached hydrogen (secondary N) is 2. The Morgan fingerprint density at radius 1 is 1.50 bits per heavy atom. The van der Waals surface area contributed by atoms with Crippen LogP contribution >= 0.6 is 11.8 Å². The first kappa shape index (κ1) is 16.3. The maximum atomic E-state index is 12.1. The second-order valence-electron chi connectivity index (χ2n) is 4.30. The van der Waals surface area contributed by atoms with Gasteiger partial charge in [-0.2, -0.15) is 11.8 Å². The highest BCUT2D eigenvalue weighted by atomic mass is 32.2. The number of anilines is 1. The maximum absolute atomic E-state index is 12.1. The summed E-state index contributed by atoms with van der Waals surface area (Å²) in [6.07, 6.45) is 2.88. The van der Waals surface area contributed by atoms with Gasteiger partial charge in [-0.05, 0) is 18.7 Å². The van der Waals surface area contributed by atoms with Gasteiger partial charge in [-0.3, -0.25) is 14.9 Å². The fraction of sp³-hybridized carbons (Fsp3) is 0.462. The van der Waals surface area contributed by atoms with Gasteiger partial charge in [0, 0.05) is 24.9 Å². The number of rotatable bonds is 7. The highest BCUT2D eigenvalue weighted by Gasteiger charge is 2.20. The summed E-state index contributed by atoms with van der Waals surface area (Å²) in [6.45, 7) is 2.63. The third kappa shape index (κ3) is 4.12. The van der Waals surface area contributed by atoms with Crippen molar-refractivity contribution in [2.45, 2.75) is 18.6 Å². The highest BCUT2D eigenvalue weighted by Crippen LogP contribution is 2.27. The van der Waals surface area contributed by atoms with Crippen molar-refractivity contribution in [2.24, 2.45) is 0 Å². The second-order valence-corrected chi connectivity index (χ2v) is 5.57. The van der Waals surface area contributed by atoms with Crippen LogP contribution in [0.15, 0.2) is 18.2 Å². The minimum atomic E-state index is -0.502. The minimum absolute atomic E-state index is 0.0994. The first-order valence-electron chi connectivity index (χ1n) is 6.27. The topological polar surface area (TPSA) is 84.3 Å². The lowest BCUT2D eigenvalue weighted by Gasteiger charge is -2.11. The summed E-state index contributed by atoms with van der Waals surface area (Å²) in [5.41, 5.74) is 0.434. The smallest absolute Gasteiger partial charge is 0.293 e. The molecule has 0 fully saturated rings. The van der Waals surface area contributed by atoms with Crippen LogP contribution in [-0.4, -0.2) is 35.9 Å². The summed E-state index contributed by atoms with van der Waals surface area (Å²) in [4.78, 5) is 22.5. The Morgan fingerprint density at radius 3 is 2.75 bits per heavy atom. The number of nitro groups is 1. The molecule has 0 saturated heterocycles. The van der Waals surface area contributed by atoms with Gasteiger partial charge in [0.25, 0.3) is 11.6 Å². The number of carbonyl (C=O) groups excluding carboxylic acids is 1. The van der Waals surface area contributed by atoms with Crippen LogP contribution in [0.5, 0.6) is 0 Å². The van der Waals surface area contributed by atoms with Gasteiger partial charge in [-0.25, -0.2) is 0 Å². The van der Waals surface area contributed by atoms with E-state index >= 15 is 0 Å². The van der Waals surface area contributed by atoms with E-state index in [0.717, 1.165) is 6.42 Å². The molecule has 7 heteroatoms. The molecule has 1 amide bonds. The number of carbonyl (C=O) groups is 1. The molecule has 1 aromatic rings. The summed E-state index contributed by atoms with van der Waals surface area (Å²) in [7, 11) is 1.56. The molecule has 0 bridgehead atoms. The van der Waals surface area contributed by atoms with Gasteiger partial charge in [-0.15, -0.1) is 0 Å². The van der Waals surface area contributed by atoms with Gasteiger partial charge < -0.3 is 10.6 Å². The lowest BCUT2D eigenvalue weighted by molar-refractivity contribution is -0.384. The molecule has 1 rings (SSSR count). The predicted molar refractivity (Wildman–Crippen MR) is 82.6 cm³/mol. The Bertz CT molecular complexity index is 494. The molecule has 0 aromatic heterocycles. The van der Waals surface area contributed by atoms with Crippen LogP contribution in [0.2, 0.25) is 0 Å². The van der Waals surface area contributed by atoms with Crippen molar-refractivity contribution < 1.29 is 9.72 Å². The van der Waals surface area contributed by atoms with Crippen molar-refractivity contribution in [2.75, 3.05) is 25.2 Å². The van der Waals surface area contributed by atoms with Gasteiger partial charge in [0.1, 0.15) is 5.69 Å². The highest BCUT2D eigenvalue weighted by molar-refractivity contribution is 7.99. The van der Waals surface area contributed by atoms with Crippen LogP contribution < -0.4 is 10.6 Å². The molecule has 0 aliphatic heterocycles. The molecule has 2 N–H and O–H groups in total. The lowest BCUT2D eigenvalue weighted by atomic mass is 10.1. The van der Waals surface area contributed by atoms with E-state index in [0.29, 0.717) is 17.4 Å². The van der Waals surface area contributed by atoms with Crippen molar-refractivity contribution in [3.8, 4) is 0 Å². The van der Waals surface area contributed by atoms with Crippen molar-refractivity contribution in [3.05, 3.63) is 33.9 Å². The fourth-order valence-electron chi connectivity index (χ4n) is 1.75. The number of para-hydroxylation sites is 1. The van der Waals surface area contributed by atoms with E-state index in [2.05, 4.69) is 17.6 Å². The first-order valence-corrected chi connectivity index (χ1v) is 7.56. The van der Waals surface area contributed by atoms with Crippen molar-refractivity contribution >= 4 is 29.0 Å². The lowest BCUT2D eigenvalue weighted by Crippen LogP contribution is -2.26. The molecule has 0 spiro atoms. The summed E-state index contributed by atoms with van der Waals surface area (Å²) in [5.74, 6) is -0.300. The van der Waals surface area contributed by atoms with Crippen LogP contribution in [0.4, 0.5) is 11.4 Å². The van der Waals surface area contributed by atoms with E-state index in [9.17, 15) is 14.9 Å². The van der Waals surface area contributed by atoms with E-state index < -0.39 is 4.92 Å². The summed E-state index contributed by atoms with van der Waals surface area (Å²) in [6, 6.07) is 4.46. The number of hydrogen-bond acceptors (Lipinski definition) is 5. The summed E-state index contributed by atoms with van der Waals surface area (Å²) < 4.78 is 0. The Morgan fingerprint density at radius 2 is 2.20 bits per heavy atom. The molecule has 1 atom stereocenters. The normalized spacial score (nSPS) is 11.8. The zero-order valence-electron chi connectivity index (χ0n) is 11.8. The number of thioether (sulfide) groups is 1. The largest absolute Gasteiger partial charge is 0.382 e. The molecule has 20 heavy (non-hydrogen) atoms. The average Bonchev–Trinajstić information content (AvgIpc) is 2.45. The van der Waals surface area contributed by atoms with Gasteiger partial charge in [0.05, 0.1) is 10.5 Å². The maximum Gasteiger partial charge on any atom is 0.293 e. The van der Waals surface area contributed by atoms with Crippen LogP contribution in [-0.2, 0) is 0 Å². The van der Waals surface area contributed by atoms with Crippen molar-refractivity contribution in [1.29, 1.82) is 0 Å². The fourth-order valence-corrected chi connectivity index (χ4v) is 2.10. The van der Waals surface area contributed by atoms with Crippen LogP contribution in [0.25, 0.3) is 0 Å². The Balaban J connectivity index is 2.82. The zero-order valence-corrected chi connectivity index (χ0v) is 12.6. The quantitative estimate of drug-likeness (QED) is 0.596. The Kier molecular flexibility index (Phi) is 6.30. The number of amides is 1. The van der Waals surface area contributed by atoms with E-state index in [-0.39, 0.29) is 17.3 Å². The third-order valence-corrected chi connectivity index (χ3v) is 4.01. The van der Waals surface area contributed by atoms with Crippen molar-refractivity contribution in [3.63, 3.8) is 0 Å². The molecule has 6 nitrogen and oxygen atoms in total. The molecule has 1 unspecified atom stereocenters. The Labute approximate surface area is 122 Å². The summed E-state index contributed by atoms with van der Waals surface area (Å²) >= 11 is 1.73. The van der Waals surface area contributed by atoms with Crippen LogP contribution in [0.1, 0.15) is 23.7 Å². The monoisotopic (exact) mass is 297 g/mol. The van der Waals surface area contributed by atoms with Gasteiger partial charge in [-0.1, -0.05) is 13.0 Å². The first-order chi connectivity index (χ1) is 9.51.